The molecule has 0 aliphatic heterocycles. The predicted octanol–water partition coefficient (Wildman–Crippen LogP) is 2.28. The number of hydrogen-bond donors (Lipinski definition) is 0. The van der Waals surface area contributed by atoms with Crippen LogP contribution in [0, 0.1) is 0 Å². The van der Waals surface area contributed by atoms with E-state index >= 15 is 0 Å². The summed E-state index contributed by atoms with van der Waals surface area (Å²) in [5, 5.41) is 2.07. The molecule has 0 unspecified atom stereocenters. The minimum Gasteiger partial charge on any atom is -0.465 e. The second-order valence-corrected chi connectivity index (χ2v) is 5.05. The van der Waals surface area contributed by atoms with Gasteiger partial charge in [0.25, 0.3) is 0 Å². The largest absolute Gasteiger partial charge is 0.465 e. The number of nitrogens with zero attached hydrogens (tertiary/aromatic N) is 1. The summed E-state index contributed by atoms with van der Waals surface area (Å²) in [6.07, 6.45) is 2.43. The lowest BCUT2D eigenvalue weighted by atomic mass is 10.4. The molecule has 4 heteroatoms. The molecular formula is C12H17NO2S. The van der Waals surface area contributed by atoms with Gasteiger partial charge in [-0.3, -0.25) is 9.69 Å². The first-order valence-corrected chi connectivity index (χ1v) is 6.59. The van der Waals surface area contributed by atoms with Crippen LogP contribution < -0.4 is 0 Å². The third-order valence-electron chi connectivity index (χ3n) is 2.64. The average molecular weight is 239 g/mol. The minimum absolute atomic E-state index is 0.106. The monoisotopic (exact) mass is 239 g/mol. The molecule has 1 fully saturated rings. The second kappa shape index (κ2) is 5.46. The Morgan fingerprint density at radius 2 is 2.44 bits per heavy atom. The smallest absolute Gasteiger partial charge is 0.320 e. The molecule has 0 amide bonds. The maximum Gasteiger partial charge on any atom is 0.320 e. The van der Waals surface area contributed by atoms with Crippen LogP contribution >= 0.6 is 11.3 Å². The summed E-state index contributed by atoms with van der Waals surface area (Å²) in [5.41, 5.74) is 0. The van der Waals surface area contributed by atoms with Gasteiger partial charge in [0.2, 0.25) is 0 Å². The molecule has 16 heavy (non-hydrogen) atoms. The van der Waals surface area contributed by atoms with Crippen molar-refractivity contribution in [2.75, 3.05) is 13.2 Å². The molecule has 2 rings (SSSR count). The van der Waals surface area contributed by atoms with Crippen LogP contribution in [0.2, 0.25) is 0 Å². The third kappa shape index (κ3) is 3.32. The zero-order chi connectivity index (χ0) is 11.4. The minimum atomic E-state index is -0.106. The highest BCUT2D eigenvalue weighted by Gasteiger charge is 2.30. The average Bonchev–Trinajstić information content (AvgIpc) is 2.98. The Hall–Kier alpha value is -0.870. The van der Waals surface area contributed by atoms with Crippen LogP contribution in [0.1, 0.15) is 24.6 Å². The van der Waals surface area contributed by atoms with E-state index in [2.05, 4.69) is 22.4 Å². The molecule has 1 aromatic rings. The van der Waals surface area contributed by atoms with Gasteiger partial charge in [-0.25, -0.2) is 0 Å². The van der Waals surface area contributed by atoms with Crippen molar-refractivity contribution in [2.45, 2.75) is 32.4 Å². The van der Waals surface area contributed by atoms with E-state index in [4.69, 9.17) is 4.74 Å². The highest BCUT2D eigenvalue weighted by atomic mass is 32.1. The zero-order valence-corrected chi connectivity index (χ0v) is 10.3. The summed E-state index contributed by atoms with van der Waals surface area (Å²) in [6, 6.07) is 4.76. The van der Waals surface area contributed by atoms with Crippen molar-refractivity contribution in [1.82, 2.24) is 4.90 Å². The van der Waals surface area contributed by atoms with Crippen molar-refractivity contribution in [3.63, 3.8) is 0 Å². The van der Waals surface area contributed by atoms with Gasteiger partial charge in [0.15, 0.2) is 0 Å². The molecule has 0 N–H and O–H groups in total. The summed E-state index contributed by atoms with van der Waals surface area (Å²) < 4.78 is 4.99. The van der Waals surface area contributed by atoms with E-state index in [9.17, 15) is 4.79 Å². The van der Waals surface area contributed by atoms with Crippen LogP contribution in [0.3, 0.4) is 0 Å². The fourth-order valence-electron chi connectivity index (χ4n) is 1.73. The van der Waals surface area contributed by atoms with E-state index in [1.807, 2.05) is 6.92 Å². The summed E-state index contributed by atoms with van der Waals surface area (Å²) >= 11 is 1.74. The van der Waals surface area contributed by atoms with E-state index in [0.717, 1.165) is 6.54 Å². The first-order chi connectivity index (χ1) is 7.79. The van der Waals surface area contributed by atoms with Crippen molar-refractivity contribution in [3.05, 3.63) is 22.4 Å². The Kier molecular flexibility index (Phi) is 3.96. The first kappa shape index (κ1) is 11.6. The molecule has 0 atom stereocenters. The van der Waals surface area contributed by atoms with Gasteiger partial charge >= 0.3 is 5.97 Å². The van der Waals surface area contributed by atoms with E-state index < -0.39 is 0 Å². The Labute approximate surface area is 100 Å². The molecule has 88 valence electrons. The third-order valence-corrected chi connectivity index (χ3v) is 3.50. The van der Waals surface area contributed by atoms with Gasteiger partial charge in [0.1, 0.15) is 0 Å². The van der Waals surface area contributed by atoms with Crippen LogP contribution in [0.5, 0.6) is 0 Å². The number of carbonyl (C=O) groups is 1. The van der Waals surface area contributed by atoms with Crippen LogP contribution in [0.25, 0.3) is 0 Å². The molecule has 1 aliphatic rings. The number of carbonyl (C=O) groups excluding carboxylic acids is 1. The van der Waals surface area contributed by atoms with Gasteiger partial charge in [-0.05, 0) is 31.2 Å². The van der Waals surface area contributed by atoms with Crippen molar-refractivity contribution in [3.8, 4) is 0 Å². The zero-order valence-electron chi connectivity index (χ0n) is 9.52. The highest BCUT2D eigenvalue weighted by Crippen LogP contribution is 2.28. The fraction of sp³-hybridized carbons (Fsp3) is 0.583. The molecule has 0 radical (unpaired) electrons. The highest BCUT2D eigenvalue weighted by molar-refractivity contribution is 7.09. The van der Waals surface area contributed by atoms with Gasteiger partial charge in [0, 0.05) is 17.5 Å². The first-order valence-electron chi connectivity index (χ1n) is 5.71. The van der Waals surface area contributed by atoms with E-state index in [0.29, 0.717) is 19.2 Å². The van der Waals surface area contributed by atoms with Crippen molar-refractivity contribution >= 4 is 17.3 Å². The van der Waals surface area contributed by atoms with Crippen molar-refractivity contribution < 1.29 is 9.53 Å². The van der Waals surface area contributed by atoms with Crippen LogP contribution in [0.15, 0.2) is 17.5 Å². The molecular weight excluding hydrogens is 222 g/mol. The number of hydrogen-bond acceptors (Lipinski definition) is 4. The maximum absolute atomic E-state index is 11.5. The molecule has 3 nitrogen and oxygen atoms in total. The normalized spacial score (nSPS) is 15.4. The number of ether oxygens (including phenoxy) is 1. The summed E-state index contributed by atoms with van der Waals surface area (Å²) in [6.45, 7) is 3.62. The molecule has 1 aromatic heterocycles. The topological polar surface area (TPSA) is 29.5 Å². The molecule has 0 spiro atoms. The molecule has 1 saturated carbocycles. The fourth-order valence-corrected chi connectivity index (χ4v) is 2.46. The van der Waals surface area contributed by atoms with E-state index in [1.165, 1.54) is 17.7 Å². The number of esters is 1. The van der Waals surface area contributed by atoms with E-state index in [-0.39, 0.29) is 5.97 Å². The van der Waals surface area contributed by atoms with Crippen LogP contribution in [-0.4, -0.2) is 30.1 Å². The van der Waals surface area contributed by atoms with Gasteiger partial charge in [-0.2, -0.15) is 0 Å². The maximum atomic E-state index is 11.5. The quantitative estimate of drug-likeness (QED) is 0.713. The summed E-state index contributed by atoms with van der Waals surface area (Å²) in [4.78, 5) is 15.0. The lowest BCUT2D eigenvalue weighted by Crippen LogP contribution is -2.32. The lowest BCUT2D eigenvalue weighted by molar-refractivity contribution is -0.144. The molecule has 1 heterocycles. The van der Waals surface area contributed by atoms with Crippen molar-refractivity contribution in [1.29, 1.82) is 0 Å². The van der Waals surface area contributed by atoms with Crippen LogP contribution in [0.4, 0.5) is 0 Å². The lowest BCUT2D eigenvalue weighted by Gasteiger charge is -2.19. The van der Waals surface area contributed by atoms with Gasteiger partial charge in [0.05, 0.1) is 13.2 Å². The standard InChI is InChI=1S/C12H17NO2S/c1-2-15-12(14)9-13(10-5-6-10)8-11-4-3-7-16-11/h3-4,7,10H,2,5-6,8-9H2,1H3. The molecule has 0 aromatic carbocycles. The Bertz CT molecular complexity index is 333. The number of thiophene rings is 1. The number of rotatable bonds is 6. The second-order valence-electron chi connectivity index (χ2n) is 4.02. The molecule has 1 aliphatic carbocycles. The van der Waals surface area contributed by atoms with Crippen LogP contribution in [-0.2, 0) is 16.1 Å². The van der Waals surface area contributed by atoms with Gasteiger partial charge in [-0.1, -0.05) is 6.07 Å². The van der Waals surface area contributed by atoms with Gasteiger partial charge in [-0.15, -0.1) is 11.3 Å². The molecule has 0 bridgehead atoms. The predicted molar refractivity (Wildman–Crippen MR) is 64.4 cm³/mol. The molecule has 0 saturated heterocycles. The Morgan fingerprint density at radius 1 is 1.62 bits per heavy atom. The Balaban J connectivity index is 1.87. The summed E-state index contributed by atoms with van der Waals surface area (Å²) in [5.74, 6) is -0.106. The summed E-state index contributed by atoms with van der Waals surface area (Å²) in [7, 11) is 0. The van der Waals surface area contributed by atoms with Crippen molar-refractivity contribution in [2.24, 2.45) is 0 Å². The SMILES string of the molecule is CCOC(=O)CN(Cc1cccs1)C1CC1. The Morgan fingerprint density at radius 3 is 3.00 bits per heavy atom. The van der Waals surface area contributed by atoms with E-state index in [1.54, 1.807) is 11.3 Å². The van der Waals surface area contributed by atoms with Gasteiger partial charge < -0.3 is 4.74 Å².